The molecule has 2 nitrogen and oxygen atoms in total. The number of thiol groups is 1. The van der Waals surface area contributed by atoms with Crippen molar-refractivity contribution in [1.82, 2.24) is 9.55 Å². The van der Waals surface area contributed by atoms with Gasteiger partial charge in [-0.25, -0.2) is 4.98 Å². The number of hydrogen-bond donors (Lipinski definition) is 1. The molecule has 14 heavy (non-hydrogen) atoms. The van der Waals surface area contributed by atoms with Crippen molar-refractivity contribution < 1.29 is 0 Å². The first-order chi connectivity index (χ1) is 6.92. The van der Waals surface area contributed by atoms with Gasteiger partial charge in [-0.15, -0.1) is 0 Å². The summed E-state index contributed by atoms with van der Waals surface area (Å²) in [4.78, 5) is 4.48. The predicted octanol–water partition coefficient (Wildman–Crippen LogP) is 2.47. The maximum Gasteiger partial charge on any atom is 0.0951 e. The molecule has 0 amide bonds. The van der Waals surface area contributed by atoms with Crippen LogP contribution in [0.5, 0.6) is 0 Å². The van der Waals surface area contributed by atoms with Crippen molar-refractivity contribution in [2.75, 3.05) is 5.75 Å². The second-order valence-corrected chi connectivity index (χ2v) is 4.42. The normalized spacial score (nSPS) is 15.5. The Balaban J connectivity index is 1.99. The summed E-state index contributed by atoms with van der Waals surface area (Å²) in [5, 5.41) is 0. The molecule has 0 fully saturated rings. The molecule has 1 aromatic heterocycles. The van der Waals surface area contributed by atoms with Crippen LogP contribution in [0.25, 0.3) is 0 Å². The average molecular weight is 210 g/mol. The van der Waals surface area contributed by atoms with Crippen LogP contribution in [0.4, 0.5) is 0 Å². The summed E-state index contributed by atoms with van der Waals surface area (Å²) in [5.41, 5.74) is 2.84. The van der Waals surface area contributed by atoms with Gasteiger partial charge in [-0.1, -0.05) is 0 Å². The van der Waals surface area contributed by atoms with Crippen LogP contribution >= 0.6 is 12.6 Å². The maximum atomic E-state index is 4.48. The summed E-state index contributed by atoms with van der Waals surface area (Å²) in [6, 6.07) is 0. The van der Waals surface area contributed by atoms with Crippen LogP contribution in [-0.4, -0.2) is 15.3 Å². The summed E-state index contributed by atoms with van der Waals surface area (Å²) in [6.45, 7) is 1.13. The molecule has 78 valence electrons. The fourth-order valence-electron chi connectivity index (χ4n) is 2.12. The first kappa shape index (κ1) is 10.1. The summed E-state index contributed by atoms with van der Waals surface area (Å²) in [6.07, 6.45) is 9.54. The van der Waals surface area contributed by atoms with E-state index in [0.29, 0.717) is 0 Å². The van der Waals surface area contributed by atoms with Crippen molar-refractivity contribution in [3.63, 3.8) is 0 Å². The number of hydrogen-bond acceptors (Lipinski definition) is 2. The molecule has 3 heteroatoms. The highest BCUT2D eigenvalue weighted by Crippen LogP contribution is 2.20. The molecule has 1 aromatic rings. The molecule has 0 unspecified atom stereocenters. The van der Waals surface area contributed by atoms with Crippen molar-refractivity contribution in [2.24, 2.45) is 0 Å². The SMILES string of the molecule is SCCCCn1cnc2c1CCCC2. The Morgan fingerprint density at radius 3 is 3.00 bits per heavy atom. The fraction of sp³-hybridized carbons (Fsp3) is 0.727. The van der Waals surface area contributed by atoms with Gasteiger partial charge in [-0.3, -0.25) is 0 Å². The van der Waals surface area contributed by atoms with Gasteiger partial charge in [0, 0.05) is 12.2 Å². The zero-order valence-corrected chi connectivity index (χ0v) is 9.47. The van der Waals surface area contributed by atoms with E-state index in [4.69, 9.17) is 0 Å². The number of aryl methyl sites for hydroxylation is 2. The standard InChI is InChI=1S/C11H18N2S/c14-8-4-3-7-13-9-12-10-5-1-2-6-11(10)13/h9,14H,1-8H2. The van der Waals surface area contributed by atoms with E-state index in [1.54, 1.807) is 0 Å². The minimum Gasteiger partial charge on any atom is -0.334 e. The summed E-state index contributed by atoms with van der Waals surface area (Å²) < 4.78 is 2.35. The molecule has 2 rings (SSSR count). The Morgan fingerprint density at radius 1 is 1.29 bits per heavy atom. The number of fused-ring (bicyclic) bond motifs is 1. The minimum absolute atomic E-state index is 0.997. The maximum absolute atomic E-state index is 4.48. The molecule has 0 aromatic carbocycles. The molecule has 0 atom stereocenters. The van der Waals surface area contributed by atoms with Gasteiger partial charge in [-0.2, -0.15) is 12.6 Å². The van der Waals surface area contributed by atoms with E-state index in [2.05, 4.69) is 22.2 Å². The molecule has 0 saturated heterocycles. The highest BCUT2D eigenvalue weighted by atomic mass is 32.1. The van der Waals surface area contributed by atoms with Crippen LogP contribution in [0.15, 0.2) is 6.33 Å². The van der Waals surface area contributed by atoms with Gasteiger partial charge in [0.15, 0.2) is 0 Å². The Hall–Kier alpha value is -0.440. The van der Waals surface area contributed by atoms with Gasteiger partial charge < -0.3 is 4.57 Å². The fourth-order valence-corrected chi connectivity index (χ4v) is 2.34. The predicted molar refractivity (Wildman–Crippen MR) is 62.0 cm³/mol. The number of nitrogens with zero attached hydrogens (tertiary/aromatic N) is 2. The van der Waals surface area contributed by atoms with E-state index in [1.807, 2.05) is 6.33 Å². The van der Waals surface area contributed by atoms with Gasteiger partial charge in [0.2, 0.25) is 0 Å². The molecule has 1 aliphatic rings. The van der Waals surface area contributed by atoms with Crippen LogP contribution in [0.1, 0.15) is 37.1 Å². The third kappa shape index (κ3) is 2.14. The van der Waals surface area contributed by atoms with Crippen LogP contribution in [0.3, 0.4) is 0 Å². The van der Waals surface area contributed by atoms with Gasteiger partial charge in [0.1, 0.15) is 0 Å². The van der Waals surface area contributed by atoms with E-state index in [0.717, 1.165) is 12.3 Å². The van der Waals surface area contributed by atoms with Gasteiger partial charge in [0.05, 0.1) is 12.0 Å². The first-order valence-electron chi connectivity index (χ1n) is 5.55. The van der Waals surface area contributed by atoms with Crippen molar-refractivity contribution in [3.8, 4) is 0 Å². The zero-order chi connectivity index (χ0) is 9.80. The van der Waals surface area contributed by atoms with Gasteiger partial charge >= 0.3 is 0 Å². The van der Waals surface area contributed by atoms with Crippen molar-refractivity contribution in [3.05, 3.63) is 17.7 Å². The van der Waals surface area contributed by atoms with Crippen LogP contribution < -0.4 is 0 Å². The zero-order valence-electron chi connectivity index (χ0n) is 8.58. The Bertz CT molecular complexity index is 293. The summed E-state index contributed by atoms with van der Waals surface area (Å²) in [7, 11) is 0. The molecule has 0 radical (unpaired) electrons. The lowest BCUT2D eigenvalue weighted by Crippen LogP contribution is -2.08. The van der Waals surface area contributed by atoms with E-state index >= 15 is 0 Å². The van der Waals surface area contributed by atoms with Crippen LogP contribution in [-0.2, 0) is 19.4 Å². The molecule has 0 bridgehead atoms. The Morgan fingerprint density at radius 2 is 2.14 bits per heavy atom. The van der Waals surface area contributed by atoms with E-state index in [-0.39, 0.29) is 0 Å². The first-order valence-corrected chi connectivity index (χ1v) is 6.19. The molecular formula is C11H18N2S. The number of unbranched alkanes of at least 4 members (excludes halogenated alkanes) is 1. The molecule has 1 aliphatic carbocycles. The number of imidazole rings is 1. The lowest BCUT2D eigenvalue weighted by Gasteiger charge is -2.13. The van der Waals surface area contributed by atoms with Crippen molar-refractivity contribution in [2.45, 2.75) is 45.1 Å². The lowest BCUT2D eigenvalue weighted by molar-refractivity contribution is 0.578. The second-order valence-electron chi connectivity index (χ2n) is 3.97. The molecule has 1 heterocycles. The summed E-state index contributed by atoms with van der Waals surface area (Å²) >= 11 is 4.23. The van der Waals surface area contributed by atoms with Crippen LogP contribution in [0.2, 0.25) is 0 Å². The van der Waals surface area contributed by atoms with E-state index < -0.39 is 0 Å². The highest BCUT2D eigenvalue weighted by Gasteiger charge is 2.14. The quantitative estimate of drug-likeness (QED) is 0.597. The van der Waals surface area contributed by atoms with Crippen molar-refractivity contribution in [1.29, 1.82) is 0 Å². The third-order valence-electron chi connectivity index (χ3n) is 2.92. The van der Waals surface area contributed by atoms with E-state index in [1.165, 1.54) is 49.9 Å². The monoisotopic (exact) mass is 210 g/mol. The van der Waals surface area contributed by atoms with Gasteiger partial charge in [-0.05, 0) is 44.3 Å². The molecule has 0 aliphatic heterocycles. The smallest absolute Gasteiger partial charge is 0.0951 e. The largest absolute Gasteiger partial charge is 0.334 e. The lowest BCUT2D eigenvalue weighted by atomic mass is 10.0. The molecule has 0 spiro atoms. The van der Waals surface area contributed by atoms with Gasteiger partial charge in [0.25, 0.3) is 0 Å². The third-order valence-corrected chi connectivity index (χ3v) is 3.23. The van der Waals surface area contributed by atoms with Crippen LogP contribution in [0, 0.1) is 0 Å². The Labute approximate surface area is 91.1 Å². The second kappa shape index (κ2) is 4.87. The average Bonchev–Trinajstić information content (AvgIpc) is 2.63. The minimum atomic E-state index is 0.997. The number of aromatic nitrogens is 2. The Kier molecular flexibility index (Phi) is 3.51. The number of rotatable bonds is 4. The molecular weight excluding hydrogens is 192 g/mol. The summed E-state index contributed by atoms with van der Waals surface area (Å²) in [5.74, 6) is 0.997. The molecule has 0 N–H and O–H groups in total. The van der Waals surface area contributed by atoms with E-state index in [9.17, 15) is 0 Å². The highest BCUT2D eigenvalue weighted by molar-refractivity contribution is 7.80. The molecule has 0 saturated carbocycles. The van der Waals surface area contributed by atoms with Crippen molar-refractivity contribution >= 4 is 12.6 Å². The topological polar surface area (TPSA) is 17.8 Å².